The Kier molecular flexibility index (Phi) is 7.57. The largest absolute Gasteiger partial charge is 0.308 e. The normalized spacial score (nSPS) is 12.0. The van der Waals surface area contributed by atoms with Gasteiger partial charge < -0.3 is 9.13 Å². The van der Waals surface area contributed by atoms with E-state index >= 15 is 0 Å². The van der Waals surface area contributed by atoms with Crippen molar-refractivity contribution in [1.29, 1.82) is 0 Å². The van der Waals surface area contributed by atoms with Gasteiger partial charge in [0.2, 0.25) is 0 Å². The maximum absolute atomic E-state index is 14.9. The van der Waals surface area contributed by atoms with E-state index in [0.29, 0.717) is 10.8 Å². The average molecular weight is 661 g/mol. The lowest BCUT2D eigenvalue weighted by atomic mass is 9.90. The summed E-state index contributed by atoms with van der Waals surface area (Å²) in [6.07, 6.45) is 0. The van der Waals surface area contributed by atoms with Gasteiger partial charge in [0, 0.05) is 10.8 Å². The van der Waals surface area contributed by atoms with Crippen LogP contribution in [0.25, 0.3) is 55.0 Å². The molecule has 2 heterocycles. The zero-order valence-corrected chi connectivity index (χ0v) is 32.2. The van der Waals surface area contributed by atoms with E-state index in [4.69, 9.17) is 0 Å². The molecule has 0 aliphatic carbocycles. The van der Waals surface area contributed by atoms with Crippen LogP contribution >= 0.6 is 0 Å². The van der Waals surface area contributed by atoms with Crippen LogP contribution in [0.5, 0.6) is 0 Å². The van der Waals surface area contributed by atoms with Crippen LogP contribution in [0.3, 0.4) is 0 Å². The van der Waals surface area contributed by atoms with Crippen LogP contribution in [-0.2, 0) is 0 Å². The molecule has 0 fully saturated rings. The Morgan fingerprint density at radius 2 is 0.660 bits per heavy atom. The topological polar surface area (TPSA) is 44.0 Å². The Balaban J connectivity index is 1.90. The minimum Gasteiger partial charge on any atom is -0.308 e. The highest BCUT2D eigenvalue weighted by Crippen LogP contribution is 2.39. The quantitative estimate of drug-likeness (QED) is 0.173. The maximum Gasteiger partial charge on any atom is 0.197 e. The summed E-state index contributed by atoms with van der Waals surface area (Å²) in [6.45, 7) is 29.9. The highest BCUT2D eigenvalue weighted by molar-refractivity contribution is 6.08. The molecule has 5 aromatic carbocycles. The van der Waals surface area contributed by atoms with E-state index in [1.807, 2.05) is 6.07 Å². The molecule has 0 saturated heterocycles. The Hall–Kier alpha value is -4.96. The molecule has 0 spiro atoms. The van der Waals surface area contributed by atoms with Crippen molar-refractivity contribution >= 4 is 43.6 Å². The summed E-state index contributed by atoms with van der Waals surface area (Å²) in [5.41, 5.74) is 21.4. The van der Waals surface area contributed by atoms with E-state index in [1.165, 1.54) is 22.3 Å². The molecule has 0 radical (unpaired) electrons. The lowest BCUT2D eigenvalue weighted by Crippen LogP contribution is -2.19. The van der Waals surface area contributed by atoms with E-state index in [0.717, 1.165) is 99.8 Å². The predicted molar refractivity (Wildman–Crippen MR) is 214 cm³/mol. The number of fused-ring (bicyclic) bond motifs is 4. The summed E-state index contributed by atoms with van der Waals surface area (Å²) in [5, 5.41) is 2.57. The Labute approximate surface area is 295 Å². The minimum atomic E-state index is -0.0269. The van der Waals surface area contributed by atoms with Crippen LogP contribution in [0, 0.1) is 96.9 Å². The monoisotopic (exact) mass is 660 g/mol. The first-order valence-electron chi connectivity index (χ1n) is 17.7. The van der Waals surface area contributed by atoms with Crippen molar-refractivity contribution in [2.24, 2.45) is 0 Å². The summed E-state index contributed by atoms with van der Waals surface area (Å²) in [4.78, 5) is 29.9. The van der Waals surface area contributed by atoms with Gasteiger partial charge in [-0.15, -0.1) is 0 Å². The molecule has 7 aromatic rings. The van der Waals surface area contributed by atoms with Crippen molar-refractivity contribution in [2.75, 3.05) is 0 Å². The second-order valence-electron chi connectivity index (χ2n) is 15.2. The number of nitrogens with zero attached hydrogens (tertiary/aromatic N) is 2. The molecule has 0 amide bonds. The van der Waals surface area contributed by atoms with Gasteiger partial charge >= 0.3 is 0 Å². The van der Waals surface area contributed by atoms with Gasteiger partial charge in [0.1, 0.15) is 0 Å². The lowest BCUT2D eigenvalue weighted by Gasteiger charge is -2.26. The molecule has 0 bridgehead atoms. The molecule has 0 aliphatic rings. The van der Waals surface area contributed by atoms with Crippen LogP contribution < -0.4 is 10.9 Å². The standard InChI is InChI=1S/C46H48N2O2/c1-21-15-23(3)41(24(4)16-21)47-37-20-38-36(19-35(37)45(49)39-31(11)27(7)29(9)33(13)43(39)47)46(50)40-32(12)28(8)30(10)34(14)44(40)48(38)42-25(5)17-22(2)18-26(42)6/h15-20H,1-14H3. The predicted octanol–water partition coefficient (Wildman–Crippen LogP) is 10.9. The van der Waals surface area contributed by atoms with Crippen molar-refractivity contribution in [3.63, 3.8) is 0 Å². The number of hydrogen-bond acceptors (Lipinski definition) is 2. The summed E-state index contributed by atoms with van der Waals surface area (Å²) in [7, 11) is 0. The van der Waals surface area contributed by atoms with Crippen LogP contribution in [0.2, 0.25) is 0 Å². The zero-order valence-electron chi connectivity index (χ0n) is 32.2. The van der Waals surface area contributed by atoms with Crippen LogP contribution in [0.4, 0.5) is 0 Å². The average Bonchev–Trinajstić information content (AvgIpc) is 3.04. The Morgan fingerprint density at radius 1 is 0.360 bits per heavy atom. The Bertz CT molecular complexity index is 2590. The summed E-state index contributed by atoms with van der Waals surface area (Å²) >= 11 is 0. The van der Waals surface area contributed by atoms with Gasteiger partial charge in [-0.05, 0) is 176 Å². The fraction of sp³-hybridized carbons (Fsp3) is 0.304. The lowest BCUT2D eigenvalue weighted by molar-refractivity contribution is 1.07. The van der Waals surface area contributed by atoms with E-state index < -0.39 is 0 Å². The first-order chi connectivity index (χ1) is 23.5. The van der Waals surface area contributed by atoms with Crippen molar-refractivity contribution in [2.45, 2.75) is 96.9 Å². The molecule has 254 valence electrons. The molecule has 0 atom stereocenters. The molecule has 50 heavy (non-hydrogen) atoms. The van der Waals surface area contributed by atoms with E-state index in [2.05, 4.69) is 136 Å². The van der Waals surface area contributed by atoms with Gasteiger partial charge in [0.15, 0.2) is 10.9 Å². The van der Waals surface area contributed by atoms with E-state index in [9.17, 15) is 9.59 Å². The molecular formula is C46H48N2O2. The highest BCUT2D eigenvalue weighted by Gasteiger charge is 2.26. The molecule has 0 aliphatic heterocycles. The fourth-order valence-electron chi connectivity index (χ4n) is 9.04. The number of aryl methyl sites for hydroxylation is 10. The molecular weight excluding hydrogens is 613 g/mol. The first kappa shape index (κ1) is 33.5. The van der Waals surface area contributed by atoms with Crippen molar-refractivity contribution in [1.82, 2.24) is 9.13 Å². The zero-order chi connectivity index (χ0) is 36.4. The summed E-state index contributed by atoms with van der Waals surface area (Å²) in [6, 6.07) is 12.9. The summed E-state index contributed by atoms with van der Waals surface area (Å²) < 4.78 is 4.66. The molecule has 0 N–H and O–H groups in total. The molecule has 0 unspecified atom stereocenters. The smallest absolute Gasteiger partial charge is 0.197 e. The van der Waals surface area contributed by atoms with Gasteiger partial charge in [-0.2, -0.15) is 0 Å². The number of pyridine rings is 2. The first-order valence-corrected chi connectivity index (χ1v) is 17.7. The van der Waals surface area contributed by atoms with E-state index in [1.54, 1.807) is 0 Å². The third-order valence-electron chi connectivity index (χ3n) is 12.0. The number of benzene rings is 5. The molecule has 2 aromatic heterocycles. The highest BCUT2D eigenvalue weighted by atomic mass is 16.1. The third-order valence-corrected chi connectivity index (χ3v) is 12.0. The second-order valence-corrected chi connectivity index (χ2v) is 15.2. The molecule has 0 saturated carbocycles. The molecule has 7 rings (SSSR count). The van der Waals surface area contributed by atoms with Crippen molar-refractivity contribution in [3.05, 3.63) is 135 Å². The van der Waals surface area contributed by atoms with Gasteiger partial charge in [0.05, 0.1) is 44.2 Å². The summed E-state index contributed by atoms with van der Waals surface area (Å²) in [5.74, 6) is 0. The van der Waals surface area contributed by atoms with Gasteiger partial charge in [-0.1, -0.05) is 35.4 Å². The second kappa shape index (κ2) is 11.3. The number of hydrogen-bond donors (Lipinski definition) is 0. The van der Waals surface area contributed by atoms with Crippen LogP contribution in [0.15, 0.2) is 46.0 Å². The number of aromatic nitrogens is 2. The van der Waals surface area contributed by atoms with Crippen molar-refractivity contribution in [3.8, 4) is 11.4 Å². The third kappa shape index (κ3) is 4.43. The van der Waals surface area contributed by atoms with Crippen LogP contribution in [-0.4, -0.2) is 9.13 Å². The number of rotatable bonds is 2. The van der Waals surface area contributed by atoms with Crippen LogP contribution in [0.1, 0.15) is 77.9 Å². The van der Waals surface area contributed by atoms with E-state index in [-0.39, 0.29) is 10.9 Å². The fourth-order valence-corrected chi connectivity index (χ4v) is 9.04. The minimum absolute atomic E-state index is 0.0269. The molecule has 4 nitrogen and oxygen atoms in total. The molecule has 4 heteroatoms. The van der Waals surface area contributed by atoms with Gasteiger partial charge in [0.25, 0.3) is 0 Å². The SMILES string of the molecule is Cc1cc(C)c(-n2c3cc4c(cc3c(=O)c3c(C)c(C)c(C)c(C)c32)c(=O)c2c(C)c(C)c(C)c(C)c2n4-c2c(C)cc(C)cc2C)c(C)c1. The van der Waals surface area contributed by atoms with Gasteiger partial charge in [-0.25, -0.2) is 0 Å². The maximum atomic E-state index is 14.9. The Morgan fingerprint density at radius 3 is 0.980 bits per heavy atom. The van der Waals surface area contributed by atoms with Crippen molar-refractivity contribution < 1.29 is 0 Å². The van der Waals surface area contributed by atoms with Gasteiger partial charge in [-0.3, -0.25) is 9.59 Å².